The number of amides is 1. The SMILES string of the molecule is COc1ccc2c(CC(=O)OCC(=O)N/N=C3\CC4CCC3(C)C4(C)C)coc2c1. The summed E-state index contributed by atoms with van der Waals surface area (Å²) in [6, 6.07) is 5.39. The first-order valence-corrected chi connectivity index (χ1v) is 10.3. The number of fused-ring (bicyclic) bond motifs is 3. The topological polar surface area (TPSA) is 90.1 Å². The number of nitrogens with zero attached hydrogens (tertiary/aromatic N) is 1. The van der Waals surface area contributed by atoms with Gasteiger partial charge in [-0.2, -0.15) is 5.10 Å². The van der Waals surface area contributed by atoms with Crippen LogP contribution in [0, 0.1) is 16.7 Å². The molecule has 1 N–H and O–H groups in total. The van der Waals surface area contributed by atoms with Gasteiger partial charge in [0.2, 0.25) is 0 Å². The predicted octanol–water partition coefficient (Wildman–Crippen LogP) is 3.85. The van der Waals surface area contributed by atoms with Crippen molar-refractivity contribution in [2.45, 2.75) is 46.5 Å². The van der Waals surface area contributed by atoms with Crippen molar-refractivity contribution in [3.8, 4) is 5.75 Å². The maximum absolute atomic E-state index is 12.2. The molecule has 4 rings (SSSR count). The van der Waals surface area contributed by atoms with Crippen molar-refractivity contribution in [3.63, 3.8) is 0 Å². The molecule has 2 atom stereocenters. The van der Waals surface area contributed by atoms with Crippen LogP contribution in [-0.2, 0) is 20.7 Å². The molecule has 0 aliphatic heterocycles. The molecule has 0 spiro atoms. The van der Waals surface area contributed by atoms with Gasteiger partial charge in [0.15, 0.2) is 6.61 Å². The summed E-state index contributed by atoms with van der Waals surface area (Å²) in [5.74, 6) is 0.365. The molecule has 2 aromatic rings. The van der Waals surface area contributed by atoms with E-state index in [2.05, 4.69) is 31.3 Å². The van der Waals surface area contributed by atoms with E-state index in [1.165, 1.54) is 12.7 Å². The number of hydrogen-bond acceptors (Lipinski definition) is 6. The van der Waals surface area contributed by atoms with Crippen LogP contribution in [-0.4, -0.2) is 31.3 Å². The van der Waals surface area contributed by atoms with Crippen molar-refractivity contribution >= 4 is 28.6 Å². The highest BCUT2D eigenvalue weighted by Gasteiger charge is 2.60. The van der Waals surface area contributed by atoms with Gasteiger partial charge in [0.1, 0.15) is 11.3 Å². The third kappa shape index (κ3) is 3.36. The molecule has 2 aliphatic rings. The van der Waals surface area contributed by atoms with E-state index in [0.29, 0.717) is 22.8 Å². The minimum absolute atomic E-state index is 0.0205. The highest BCUT2D eigenvalue weighted by Crippen LogP contribution is 2.63. The molecule has 2 aliphatic carbocycles. The number of benzene rings is 1. The number of nitrogens with one attached hydrogen (secondary N) is 1. The van der Waals surface area contributed by atoms with E-state index in [-0.39, 0.29) is 23.9 Å². The molecule has 2 bridgehead atoms. The first-order chi connectivity index (χ1) is 14.2. The van der Waals surface area contributed by atoms with Crippen molar-refractivity contribution in [1.82, 2.24) is 5.43 Å². The minimum Gasteiger partial charge on any atom is -0.497 e. The summed E-state index contributed by atoms with van der Waals surface area (Å²) >= 11 is 0. The van der Waals surface area contributed by atoms with Crippen LogP contribution >= 0.6 is 0 Å². The van der Waals surface area contributed by atoms with E-state index < -0.39 is 11.9 Å². The van der Waals surface area contributed by atoms with Gasteiger partial charge < -0.3 is 13.9 Å². The Morgan fingerprint density at radius 3 is 2.77 bits per heavy atom. The fourth-order valence-electron chi connectivity index (χ4n) is 4.94. The average molecular weight is 412 g/mol. The number of carbonyl (C=O) groups excluding carboxylic acids is 2. The summed E-state index contributed by atoms with van der Waals surface area (Å²) in [6.45, 7) is 6.44. The maximum Gasteiger partial charge on any atom is 0.310 e. The molecular weight excluding hydrogens is 384 g/mol. The molecule has 1 amide bonds. The lowest BCUT2D eigenvalue weighted by Crippen LogP contribution is -2.35. The van der Waals surface area contributed by atoms with Crippen LogP contribution in [0.4, 0.5) is 0 Å². The smallest absolute Gasteiger partial charge is 0.310 e. The van der Waals surface area contributed by atoms with Crippen LogP contribution in [0.2, 0.25) is 0 Å². The van der Waals surface area contributed by atoms with Crippen molar-refractivity contribution in [3.05, 3.63) is 30.0 Å². The first kappa shape index (κ1) is 20.4. The average Bonchev–Trinajstić information content (AvgIpc) is 3.28. The fraction of sp³-hybridized carbons (Fsp3) is 0.522. The Balaban J connectivity index is 1.30. The van der Waals surface area contributed by atoms with Crippen molar-refractivity contribution in [1.29, 1.82) is 0 Å². The third-order valence-corrected chi connectivity index (χ3v) is 7.39. The lowest BCUT2D eigenvalue weighted by Gasteiger charge is -2.34. The van der Waals surface area contributed by atoms with Crippen molar-refractivity contribution in [2.75, 3.05) is 13.7 Å². The van der Waals surface area contributed by atoms with Crippen molar-refractivity contribution in [2.24, 2.45) is 21.8 Å². The second kappa shape index (κ2) is 7.45. The number of furan rings is 1. The summed E-state index contributed by atoms with van der Waals surface area (Å²) in [4.78, 5) is 24.3. The molecule has 2 fully saturated rings. The van der Waals surface area contributed by atoms with Gasteiger partial charge in [-0.25, -0.2) is 5.43 Å². The van der Waals surface area contributed by atoms with Gasteiger partial charge in [-0.3, -0.25) is 9.59 Å². The zero-order valence-electron chi connectivity index (χ0n) is 17.9. The molecule has 7 heteroatoms. The van der Waals surface area contributed by atoms with Crippen LogP contribution in [0.5, 0.6) is 5.75 Å². The summed E-state index contributed by atoms with van der Waals surface area (Å²) in [5.41, 5.74) is 5.17. The number of hydrazone groups is 1. The number of carbonyl (C=O) groups is 2. The zero-order chi connectivity index (χ0) is 21.5. The van der Waals surface area contributed by atoms with Gasteiger partial charge in [-0.15, -0.1) is 0 Å². The number of methoxy groups -OCH3 is 1. The molecule has 1 aromatic heterocycles. The van der Waals surface area contributed by atoms with Gasteiger partial charge in [0, 0.05) is 28.1 Å². The van der Waals surface area contributed by atoms with E-state index in [9.17, 15) is 9.59 Å². The number of ether oxygens (including phenoxy) is 2. The van der Waals surface area contributed by atoms with Gasteiger partial charge in [-0.1, -0.05) is 20.8 Å². The number of hydrogen-bond donors (Lipinski definition) is 1. The number of rotatable bonds is 6. The van der Waals surface area contributed by atoms with Crippen LogP contribution in [0.15, 0.2) is 34.0 Å². The molecule has 30 heavy (non-hydrogen) atoms. The minimum atomic E-state index is -0.496. The predicted molar refractivity (Wildman–Crippen MR) is 112 cm³/mol. The number of esters is 1. The molecule has 1 heterocycles. The van der Waals surface area contributed by atoms with Gasteiger partial charge in [-0.05, 0) is 42.7 Å². The summed E-state index contributed by atoms with van der Waals surface area (Å²) in [5, 5.41) is 5.20. The molecule has 2 saturated carbocycles. The van der Waals surface area contributed by atoms with E-state index in [1.54, 1.807) is 19.2 Å². The lowest BCUT2D eigenvalue weighted by molar-refractivity contribution is -0.147. The Morgan fingerprint density at radius 1 is 1.30 bits per heavy atom. The highest BCUT2D eigenvalue weighted by molar-refractivity contribution is 5.95. The van der Waals surface area contributed by atoms with Crippen LogP contribution in [0.25, 0.3) is 11.0 Å². The second-order valence-electron chi connectivity index (χ2n) is 9.05. The Bertz CT molecular complexity index is 1020. The zero-order valence-corrected chi connectivity index (χ0v) is 17.9. The fourth-order valence-corrected chi connectivity index (χ4v) is 4.94. The Labute approximate surface area is 175 Å². The van der Waals surface area contributed by atoms with E-state index in [0.717, 1.165) is 23.9 Å². The van der Waals surface area contributed by atoms with Gasteiger partial charge >= 0.3 is 5.97 Å². The normalized spacial score (nSPS) is 25.6. The highest BCUT2D eigenvalue weighted by atomic mass is 16.5. The molecule has 160 valence electrons. The van der Waals surface area contributed by atoms with E-state index in [1.807, 2.05) is 6.07 Å². The Hall–Kier alpha value is -2.83. The Morgan fingerprint density at radius 2 is 2.10 bits per heavy atom. The van der Waals surface area contributed by atoms with Crippen molar-refractivity contribution < 1.29 is 23.5 Å². The molecule has 0 saturated heterocycles. The molecule has 0 radical (unpaired) electrons. The van der Waals surface area contributed by atoms with Gasteiger partial charge in [0.25, 0.3) is 5.91 Å². The molecule has 2 unspecified atom stereocenters. The maximum atomic E-state index is 12.2. The van der Waals surface area contributed by atoms with Crippen LogP contribution < -0.4 is 10.2 Å². The van der Waals surface area contributed by atoms with Crippen LogP contribution in [0.3, 0.4) is 0 Å². The Kier molecular flexibility index (Phi) is 5.08. The second-order valence-corrected chi connectivity index (χ2v) is 9.05. The van der Waals surface area contributed by atoms with E-state index in [4.69, 9.17) is 13.9 Å². The quantitative estimate of drug-likeness (QED) is 0.575. The van der Waals surface area contributed by atoms with Crippen LogP contribution in [0.1, 0.15) is 45.6 Å². The van der Waals surface area contributed by atoms with Gasteiger partial charge in [0.05, 0.1) is 19.8 Å². The largest absolute Gasteiger partial charge is 0.497 e. The third-order valence-electron chi connectivity index (χ3n) is 7.39. The molecule has 1 aromatic carbocycles. The molecule has 7 nitrogen and oxygen atoms in total. The summed E-state index contributed by atoms with van der Waals surface area (Å²) < 4.78 is 15.8. The lowest BCUT2D eigenvalue weighted by atomic mass is 9.70. The monoisotopic (exact) mass is 412 g/mol. The molecular formula is C23H28N2O5. The standard InChI is InChI=1S/C23H28N2O5/c1-22(2)15-7-8-23(22,3)19(10-15)24-25-20(26)13-30-21(27)9-14-12-29-18-11-16(28-4)5-6-17(14)18/h5-6,11-12,15H,7-10,13H2,1-4H3,(H,25,26)/b24-19+. The summed E-state index contributed by atoms with van der Waals surface area (Å²) in [7, 11) is 1.58. The summed E-state index contributed by atoms with van der Waals surface area (Å²) in [6.07, 6.45) is 4.77. The van der Waals surface area contributed by atoms with E-state index >= 15 is 0 Å². The first-order valence-electron chi connectivity index (χ1n) is 10.3.